The molecule has 1 aliphatic rings. The lowest BCUT2D eigenvalue weighted by atomic mass is 10.1. The van der Waals surface area contributed by atoms with Crippen LogP contribution in [0.5, 0.6) is 0 Å². The summed E-state index contributed by atoms with van der Waals surface area (Å²) in [5.41, 5.74) is 2.59. The monoisotopic (exact) mass is 237 g/mol. The number of halogens is 1. The summed E-state index contributed by atoms with van der Waals surface area (Å²) in [5, 5.41) is 4.40. The molecule has 0 bridgehead atoms. The summed E-state index contributed by atoms with van der Waals surface area (Å²) >= 11 is 6.14. The summed E-state index contributed by atoms with van der Waals surface area (Å²) in [6, 6.07) is 6.50. The molecular weight excluding hydrogens is 218 g/mol. The maximum atomic E-state index is 6.14. The van der Waals surface area contributed by atoms with Crippen molar-refractivity contribution < 1.29 is 0 Å². The molecule has 1 fully saturated rings. The first kappa shape index (κ1) is 11.9. The summed E-state index contributed by atoms with van der Waals surface area (Å²) in [6.07, 6.45) is 2.53. The predicted octanol–water partition coefficient (Wildman–Crippen LogP) is 3.75. The van der Waals surface area contributed by atoms with Crippen LogP contribution in [0.2, 0.25) is 5.02 Å². The molecule has 88 valence electrons. The molecule has 0 aliphatic heterocycles. The van der Waals surface area contributed by atoms with Gasteiger partial charge in [0.1, 0.15) is 0 Å². The first-order valence-electron chi connectivity index (χ1n) is 6.19. The third-order valence-electron chi connectivity index (χ3n) is 3.38. The van der Waals surface area contributed by atoms with Gasteiger partial charge in [0.25, 0.3) is 0 Å². The van der Waals surface area contributed by atoms with E-state index in [4.69, 9.17) is 11.6 Å². The van der Waals surface area contributed by atoms with Gasteiger partial charge in [0.2, 0.25) is 0 Å². The van der Waals surface area contributed by atoms with E-state index in [9.17, 15) is 0 Å². The van der Waals surface area contributed by atoms with E-state index in [0.717, 1.165) is 29.9 Å². The number of rotatable bonds is 5. The summed E-state index contributed by atoms with van der Waals surface area (Å²) in [6.45, 7) is 6.55. The van der Waals surface area contributed by atoms with Gasteiger partial charge < -0.3 is 5.32 Å². The third kappa shape index (κ3) is 2.78. The zero-order chi connectivity index (χ0) is 11.5. The largest absolute Gasteiger partial charge is 0.316 e. The molecule has 1 aromatic carbocycles. The number of hydrogen-bond donors (Lipinski definition) is 1. The van der Waals surface area contributed by atoms with Crippen LogP contribution in [-0.4, -0.2) is 13.1 Å². The minimum atomic E-state index is 0.738. The first-order chi connectivity index (χ1) is 7.72. The molecule has 0 amide bonds. The van der Waals surface area contributed by atoms with Gasteiger partial charge in [-0.15, -0.1) is 0 Å². The highest BCUT2D eigenvalue weighted by Crippen LogP contribution is 2.47. The van der Waals surface area contributed by atoms with Crippen molar-refractivity contribution in [2.75, 3.05) is 13.1 Å². The van der Waals surface area contributed by atoms with Crippen LogP contribution in [-0.2, 0) is 0 Å². The van der Waals surface area contributed by atoms with Crippen molar-refractivity contribution in [2.24, 2.45) is 5.92 Å². The van der Waals surface area contributed by atoms with E-state index in [1.54, 1.807) is 0 Å². The van der Waals surface area contributed by atoms with Crippen LogP contribution >= 0.6 is 11.6 Å². The molecule has 2 heteroatoms. The molecule has 1 N–H and O–H groups in total. The molecule has 0 radical (unpaired) electrons. The van der Waals surface area contributed by atoms with E-state index in [-0.39, 0.29) is 0 Å². The Morgan fingerprint density at radius 2 is 2.25 bits per heavy atom. The second-order valence-electron chi connectivity index (χ2n) is 4.82. The Labute approximate surface area is 103 Å². The minimum Gasteiger partial charge on any atom is -0.316 e. The van der Waals surface area contributed by atoms with Gasteiger partial charge in [-0.2, -0.15) is 0 Å². The van der Waals surface area contributed by atoms with E-state index in [1.165, 1.54) is 24.0 Å². The Hall–Kier alpha value is -0.530. The first-order valence-corrected chi connectivity index (χ1v) is 6.57. The van der Waals surface area contributed by atoms with Crippen LogP contribution in [0, 0.1) is 12.8 Å². The molecule has 0 heterocycles. The smallest absolute Gasteiger partial charge is 0.0438 e. The van der Waals surface area contributed by atoms with E-state index >= 15 is 0 Å². The molecule has 0 saturated heterocycles. The molecule has 1 saturated carbocycles. The summed E-state index contributed by atoms with van der Waals surface area (Å²) in [5.74, 6) is 1.56. The average molecular weight is 238 g/mol. The lowest BCUT2D eigenvalue weighted by molar-refractivity contribution is 0.620. The number of aryl methyl sites for hydroxylation is 1. The van der Waals surface area contributed by atoms with Crippen molar-refractivity contribution in [3.63, 3.8) is 0 Å². The normalized spacial score (nSPS) is 23.4. The fraction of sp³-hybridized carbons (Fsp3) is 0.571. The Bertz CT molecular complexity index is 362. The number of benzene rings is 1. The zero-order valence-electron chi connectivity index (χ0n) is 10.1. The molecule has 0 aromatic heterocycles. The number of hydrogen-bond acceptors (Lipinski definition) is 1. The van der Waals surface area contributed by atoms with Gasteiger partial charge in [-0.05, 0) is 61.9 Å². The molecule has 0 spiro atoms. The van der Waals surface area contributed by atoms with Gasteiger partial charge in [0, 0.05) is 5.02 Å². The van der Waals surface area contributed by atoms with Gasteiger partial charge in [-0.25, -0.2) is 0 Å². The summed E-state index contributed by atoms with van der Waals surface area (Å²) in [4.78, 5) is 0. The van der Waals surface area contributed by atoms with Gasteiger partial charge in [-0.3, -0.25) is 0 Å². The Balaban J connectivity index is 1.88. The van der Waals surface area contributed by atoms with Crippen LogP contribution in [0.15, 0.2) is 18.2 Å². The van der Waals surface area contributed by atoms with Gasteiger partial charge >= 0.3 is 0 Å². The predicted molar refractivity (Wildman–Crippen MR) is 70.2 cm³/mol. The zero-order valence-corrected chi connectivity index (χ0v) is 10.8. The van der Waals surface area contributed by atoms with E-state index in [0.29, 0.717) is 0 Å². The van der Waals surface area contributed by atoms with Crippen molar-refractivity contribution in [3.05, 3.63) is 34.3 Å². The average Bonchev–Trinajstić information content (AvgIpc) is 3.02. The molecule has 1 aliphatic carbocycles. The van der Waals surface area contributed by atoms with E-state index < -0.39 is 0 Å². The van der Waals surface area contributed by atoms with Crippen LogP contribution in [0.4, 0.5) is 0 Å². The highest BCUT2D eigenvalue weighted by atomic mass is 35.5. The van der Waals surface area contributed by atoms with Crippen LogP contribution < -0.4 is 5.32 Å². The fourth-order valence-corrected chi connectivity index (χ4v) is 2.37. The lowest BCUT2D eigenvalue weighted by Gasteiger charge is -2.04. The van der Waals surface area contributed by atoms with E-state index in [1.807, 2.05) is 0 Å². The molecule has 16 heavy (non-hydrogen) atoms. The van der Waals surface area contributed by atoms with Crippen LogP contribution in [0.3, 0.4) is 0 Å². The van der Waals surface area contributed by atoms with Crippen molar-refractivity contribution in [2.45, 2.75) is 32.6 Å². The molecular formula is C14H20ClN. The molecule has 2 atom stereocenters. The standard InChI is InChI=1S/C14H20ClN/c1-3-6-16-9-12-7-13(12)11-5-4-10(2)14(15)8-11/h4-5,8,12-13,16H,3,6-7,9H2,1-2H3. The van der Waals surface area contributed by atoms with Gasteiger partial charge in [0.05, 0.1) is 0 Å². The van der Waals surface area contributed by atoms with Crippen molar-refractivity contribution in [1.82, 2.24) is 5.32 Å². The van der Waals surface area contributed by atoms with Crippen LogP contribution in [0.1, 0.15) is 36.8 Å². The number of nitrogens with one attached hydrogen (secondary N) is 1. The Kier molecular flexibility index (Phi) is 3.88. The maximum absolute atomic E-state index is 6.14. The second-order valence-corrected chi connectivity index (χ2v) is 5.22. The third-order valence-corrected chi connectivity index (χ3v) is 3.79. The van der Waals surface area contributed by atoms with Gasteiger partial charge in [-0.1, -0.05) is 30.7 Å². The summed E-state index contributed by atoms with van der Waals surface area (Å²) < 4.78 is 0. The molecule has 2 unspecified atom stereocenters. The van der Waals surface area contributed by atoms with E-state index in [2.05, 4.69) is 37.4 Å². The minimum absolute atomic E-state index is 0.738. The van der Waals surface area contributed by atoms with Gasteiger partial charge in [0.15, 0.2) is 0 Å². The van der Waals surface area contributed by atoms with Crippen molar-refractivity contribution in [3.8, 4) is 0 Å². The lowest BCUT2D eigenvalue weighted by Crippen LogP contribution is -2.17. The second kappa shape index (κ2) is 5.20. The van der Waals surface area contributed by atoms with Crippen molar-refractivity contribution >= 4 is 11.6 Å². The topological polar surface area (TPSA) is 12.0 Å². The van der Waals surface area contributed by atoms with Crippen molar-refractivity contribution in [1.29, 1.82) is 0 Å². The highest BCUT2D eigenvalue weighted by molar-refractivity contribution is 6.31. The fourth-order valence-electron chi connectivity index (χ4n) is 2.19. The molecule has 2 rings (SSSR count). The highest BCUT2D eigenvalue weighted by Gasteiger charge is 2.37. The maximum Gasteiger partial charge on any atom is 0.0438 e. The van der Waals surface area contributed by atoms with Crippen LogP contribution in [0.25, 0.3) is 0 Å². The SMILES string of the molecule is CCCNCC1CC1c1ccc(C)c(Cl)c1. The molecule has 1 nitrogen and oxygen atoms in total. The Morgan fingerprint density at radius 3 is 2.94 bits per heavy atom. The molecule has 1 aromatic rings. The Morgan fingerprint density at radius 1 is 1.44 bits per heavy atom. The quantitative estimate of drug-likeness (QED) is 0.770. The summed E-state index contributed by atoms with van der Waals surface area (Å²) in [7, 11) is 0.